The van der Waals surface area contributed by atoms with Crippen molar-refractivity contribution in [3.63, 3.8) is 0 Å². The van der Waals surface area contributed by atoms with E-state index in [0.717, 1.165) is 31.8 Å². The Morgan fingerprint density at radius 2 is 2.27 bits per heavy atom. The summed E-state index contributed by atoms with van der Waals surface area (Å²) in [6.45, 7) is 2.18. The summed E-state index contributed by atoms with van der Waals surface area (Å²) in [6.07, 6.45) is 5.68. The maximum atomic E-state index is 5.23. The Hall–Kier alpha value is -0.830. The summed E-state index contributed by atoms with van der Waals surface area (Å²) in [4.78, 5) is 4.15. The van der Waals surface area contributed by atoms with Gasteiger partial charge in [0.15, 0.2) is 5.89 Å². The fourth-order valence-corrected chi connectivity index (χ4v) is 1.50. The van der Waals surface area contributed by atoms with Crippen LogP contribution in [0.2, 0.25) is 0 Å². The van der Waals surface area contributed by atoms with Crippen LogP contribution in [0.4, 0.5) is 0 Å². The predicted octanol–water partition coefficient (Wildman–Crippen LogP) is 1.14. The summed E-state index contributed by atoms with van der Waals surface area (Å²) < 4.78 is 5.23. The summed E-state index contributed by atoms with van der Waals surface area (Å²) in [5, 5.41) is 3.31. The maximum Gasteiger partial charge on any atom is 0.197 e. The number of hydrogen-bond acceptors (Lipinski definition) is 3. The minimum atomic E-state index is 0.547. The molecule has 1 aromatic rings. The van der Waals surface area contributed by atoms with Crippen LogP contribution in [0.3, 0.4) is 0 Å². The van der Waals surface area contributed by atoms with E-state index in [1.54, 1.807) is 12.5 Å². The zero-order valence-corrected chi connectivity index (χ0v) is 6.42. The molecule has 1 aliphatic rings. The number of oxazole rings is 1. The minimum Gasteiger partial charge on any atom is -0.449 e. The van der Waals surface area contributed by atoms with Crippen LogP contribution in [0.15, 0.2) is 16.9 Å². The number of nitrogens with zero attached hydrogens (tertiary/aromatic N) is 1. The van der Waals surface area contributed by atoms with Crippen molar-refractivity contribution in [3.05, 3.63) is 18.4 Å². The van der Waals surface area contributed by atoms with E-state index in [1.165, 1.54) is 0 Å². The first kappa shape index (κ1) is 6.85. The van der Waals surface area contributed by atoms with E-state index in [0.29, 0.717) is 5.92 Å². The van der Waals surface area contributed by atoms with Crippen molar-refractivity contribution < 1.29 is 4.42 Å². The third-order valence-electron chi connectivity index (χ3n) is 2.14. The van der Waals surface area contributed by atoms with Gasteiger partial charge in [0.2, 0.25) is 0 Å². The Bertz CT molecular complexity index is 202. The molecule has 60 valence electrons. The van der Waals surface area contributed by atoms with Gasteiger partial charge in [-0.25, -0.2) is 4.98 Å². The van der Waals surface area contributed by atoms with Crippen molar-refractivity contribution in [2.24, 2.45) is 0 Å². The van der Waals surface area contributed by atoms with Gasteiger partial charge in [0.1, 0.15) is 6.26 Å². The highest BCUT2D eigenvalue weighted by atomic mass is 16.3. The molecule has 0 radical (unpaired) electrons. The molecule has 0 saturated carbocycles. The van der Waals surface area contributed by atoms with Gasteiger partial charge in [-0.2, -0.15) is 0 Å². The molecule has 2 heterocycles. The lowest BCUT2D eigenvalue weighted by molar-refractivity contribution is 0.374. The Morgan fingerprint density at radius 1 is 1.45 bits per heavy atom. The fraction of sp³-hybridized carbons (Fsp3) is 0.625. The molecule has 0 unspecified atom stereocenters. The molecule has 0 aliphatic carbocycles. The maximum absolute atomic E-state index is 5.23. The molecule has 3 nitrogen and oxygen atoms in total. The highest BCUT2D eigenvalue weighted by Crippen LogP contribution is 2.22. The van der Waals surface area contributed by atoms with Crippen LogP contribution in [-0.2, 0) is 0 Å². The van der Waals surface area contributed by atoms with E-state index in [9.17, 15) is 0 Å². The third-order valence-corrected chi connectivity index (χ3v) is 2.14. The number of rotatable bonds is 1. The third kappa shape index (κ3) is 1.43. The van der Waals surface area contributed by atoms with Crippen LogP contribution < -0.4 is 5.32 Å². The average molecular weight is 152 g/mol. The molecule has 11 heavy (non-hydrogen) atoms. The molecular weight excluding hydrogens is 140 g/mol. The second-order valence-electron chi connectivity index (χ2n) is 2.89. The second kappa shape index (κ2) is 3.05. The molecule has 1 saturated heterocycles. The molecule has 1 aliphatic heterocycles. The summed E-state index contributed by atoms with van der Waals surface area (Å²) in [5.41, 5.74) is 0. The normalized spacial score (nSPS) is 20.4. The standard InChI is InChI=1S/C8H12N2O/c1-3-9-4-2-7(1)8-10-5-6-11-8/h5-7,9H,1-4H2. The second-order valence-corrected chi connectivity index (χ2v) is 2.89. The first-order valence-electron chi connectivity index (χ1n) is 4.07. The quantitative estimate of drug-likeness (QED) is 0.655. The van der Waals surface area contributed by atoms with E-state index in [-0.39, 0.29) is 0 Å². The SMILES string of the molecule is c1coc(C2CCNCC2)n1. The molecular formula is C8H12N2O. The van der Waals surface area contributed by atoms with Gasteiger partial charge in [-0.15, -0.1) is 0 Å². The van der Waals surface area contributed by atoms with E-state index in [2.05, 4.69) is 10.3 Å². The molecule has 0 spiro atoms. The van der Waals surface area contributed by atoms with Crippen molar-refractivity contribution in [3.8, 4) is 0 Å². The minimum absolute atomic E-state index is 0.547. The van der Waals surface area contributed by atoms with Gasteiger partial charge in [0.25, 0.3) is 0 Å². The van der Waals surface area contributed by atoms with Crippen molar-refractivity contribution in [2.75, 3.05) is 13.1 Å². The first-order chi connectivity index (χ1) is 5.47. The van der Waals surface area contributed by atoms with Crippen molar-refractivity contribution >= 4 is 0 Å². The lowest BCUT2D eigenvalue weighted by Gasteiger charge is -2.19. The Morgan fingerprint density at radius 3 is 2.91 bits per heavy atom. The van der Waals surface area contributed by atoms with Crippen molar-refractivity contribution in [1.29, 1.82) is 0 Å². The van der Waals surface area contributed by atoms with Crippen LogP contribution in [0.25, 0.3) is 0 Å². The molecule has 0 bridgehead atoms. The van der Waals surface area contributed by atoms with Crippen LogP contribution in [0, 0.1) is 0 Å². The highest BCUT2D eigenvalue weighted by Gasteiger charge is 2.18. The summed E-state index contributed by atoms with van der Waals surface area (Å²) in [5.74, 6) is 1.46. The molecule has 1 aromatic heterocycles. The topological polar surface area (TPSA) is 38.1 Å². The number of aromatic nitrogens is 1. The average Bonchev–Trinajstić information content (AvgIpc) is 2.58. The van der Waals surface area contributed by atoms with Crippen LogP contribution in [0.1, 0.15) is 24.7 Å². The lowest BCUT2D eigenvalue weighted by atomic mass is 9.98. The number of piperidine rings is 1. The lowest BCUT2D eigenvalue weighted by Crippen LogP contribution is -2.26. The van der Waals surface area contributed by atoms with E-state index in [1.807, 2.05) is 0 Å². The van der Waals surface area contributed by atoms with E-state index in [4.69, 9.17) is 4.42 Å². The van der Waals surface area contributed by atoms with Crippen LogP contribution >= 0.6 is 0 Å². The zero-order valence-electron chi connectivity index (χ0n) is 6.42. The largest absolute Gasteiger partial charge is 0.449 e. The Balaban J connectivity index is 2.04. The smallest absolute Gasteiger partial charge is 0.197 e. The van der Waals surface area contributed by atoms with Gasteiger partial charge in [-0.3, -0.25) is 0 Å². The van der Waals surface area contributed by atoms with Crippen LogP contribution in [-0.4, -0.2) is 18.1 Å². The van der Waals surface area contributed by atoms with Gasteiger partial charge >= 0.3 is 0 Å². The summed E-state index contributed by atoms with van der Waals surface area (Å²) >= 11 is 0. The number of nitrogens with one attached hydrogen (secondary N) is 1. The zero-order chi connectivity index (χ0) is 7.52. The monoisotopic (exact) mass is 152 g/mol. The van der Waals surface area contributed by atoms with Gasteiger partial charge in [0.05, 0.1) is 6.20 Å². The van der Waals surface area contributed by atoms with Gasteiger partial charge in [0, 0.05) is 5.92 Å². The molecule has 0 atom stereocenters. The predicted molar refractivity (Wildman–Crippen MR) is 41.3 cm³/mol. The highest BCUT2D eigenvalue weighted by molar-refractivity contribution is 4.93. The summed E-state index contributed by atoms with van der Waals surface area (Å²) in [6, 6.07) is 0. The van der Waals surface area contributed by atoms with Crippen LogP contribution in [0.5, 0.6) is 0 Å². The molecule has 1 N–H and O–H groups in total. The van der Waals surface area contributed by atoms with Gasteiger partial charge in [-0.05, 0) is 25.9 Å². The van der Waals surface area contributed by atoms with Gasteiger partial charge in [-0.1, -0.05) is 0 Å². The summed E-state index contributed by atoms with van der Waals surface area (Å²) in [7, 11) is 0. The number of hydrogen-bond donors (Lipinski definition) is 1. The van der Waals surface area contributed by atoms with E-state index >= 15 is 0 Å². The van der Waals surface area contributed by atoms with Crippen molar-refractivity contribution in [2.45, 2.75) is 18.8 Å². The molecule has 3 heteroatoms. The molecule has 1 fully saturated rings. The fourth-order valence-electron chi connectivity index (χ4n) is 1.50. The molecule has 2 rings (SSSR count). The Labute approximate surface area is 65.8 Å². The Kier molecular flexibility index (Phi) is 1.90. The van der Waals surface area contributed by atoms with Crippen molar-refractivity contribution in [1.82, 2.24) is 10.3 Å². The van der Waals surface area contributed by atoms with Gasteiger partial charge < -0.3 is 9.73 Å². The molecule has 0 amide bonds. The molecule has 0 aromatic carbocycles. The first-order valence-corrected chi connectivity index (χ1v) is 4.07. The van der Waals surface area contributed by atoms with E-state index < -0.39 is 0 Å².